The number of hydrogen-bond donors (Lipinski definition) is 0. The van der Waals surface area contributed by atoms with Gasteiger partial charge in [-0.1, -0.05) is 30.3 Å². The number of hydrogen-bond acceptors (Lipinski definition) is 0. The van der Waals surface area contributed by atoms with Gasteiger partial charge in [-0.3, -0.25) is 0 Å². The van der Waals surface area contributed by atoms with Crippen LogP contribution in [0, 0.1) is 0 Å². The molecule has 3 rings (SSSR count). The van der Waals surface area contributed by atoms with E-state index >= 15 is 0 Å². The molecule has 0 nitrogen and oxygen atoms in total. The van der Waals surface area contributed by atoms with E-state index in [-0.39, 0.29) is 45.6 Å². The summed E-state index contributed by atoms with van der Waals surface area (Å²) >= 11 is 0. The van der Waals surface area contributed by atoms with Gasteiger partial charge in [0.1, 0.15) is 0 Å². The summed E-state index contributed by atoms with van der Waals surface area (Å²) in [4.78, 5) is 0. The van der Waals surface area contributed by atoms with Crippen LogP contribution in [0.3, 0.4) is 0 Å². The molecule has 0 aliphatic carbocycles. The van der Waals surface area contributed by atoms with E-state index in [2.05, 4.69) is 78.9 Å². The predicted molar refractivity (Wildman–Crippen MR) is 76.3 cm³/mol. The van der Waals surface area contributed by atoms with Crippen LogP contribution in [0.1, 0.15) is 0 Å². The maximum Gasteiger partial charge on any atom is 1.00 e. The first-order valence-corrected chi connectivity index (χ1v) is 7.08. The van der Waals surface area contributed by atoms with E-state index in [0.717, 1.165) is 0 Å². The molecule has 0 aliphatic rings. The fourth-order valence-corrected chi connectivity index (χ4v) is 4.36. The quantitative estimate of drug-likeness (QED) is 0.262. The van der Waals surface area contributed by atoms with Crippen LogP contribution in [0.15, 0.2) is 78.9 Å². The molecular formula is C16H13Li2P. The SMILES string of the molecule is [Li+].[Li+].c1ccc(P(c2cc[cH-]c2)c2cc[cH-]c2)cc1. The molecule has 0 spiro atoms. The van der Waals surface area contributed by atoms with Gasteiger partial charge in [-0.25, -0.2) is 12.1 Å². The Labute approximate surface area is 140 Å². The Bertz CT molecular complexity index is 522. The predicted octanol–water partition coefficient (Wildman–Crippen LogP) is -3.11. The van der Waals surface area contributed by atoms with Gasteiger partial charge in [0.05, 0.1) is 0 Å². The topological polar surface area (TPSA) is 0 Å². The monoisotopic (exact) mass is 250 g/mol. The molecule has 0 radical (unpaired) electrons. The van der Waals surface area contributed by atoms with Crippen LogP contribution in [0.5, 0.6) is 0 Å². The molecule has 0 aliphatic heterocycles. The van der Waals surface area contributed by atoms with Crippen molar-refractivity contribution >= 4 is 23.8 Å². The van der Waals surface area contributed by atoms with E-state index < -0.39 is 0 Å². The number of rotatable bonds is 3. The summed E-state index contributed by atoms with van der Waals surface area (Å²) in [6, 6.07) is 28.2. The Morgan fingerprint density at radius 1 is 0.632 bits per heavy atom. The first-order chi connectivity index (χ1) is 8.45. The molecule has 0 saturated heterocycles. The summed E-state index contributed by atoms with van der Waals surface area (Å²) in [7, 11) is -0.372. The summed E-state index contributed by atoms with van der Waals surface area (Å²) < 4.78 is 0. The van der Waals surface area contributed by atoms with Gasteiger partial charge in [-0.2, -0.15) is 54.9 Å². The van der Waals surface area contributed by atoms with Crippen molar-refractivity contribution in [3.05, 3.63) is 78.9 Å². The first kappa shape index (κ1) is 16.6. The van der Waals surface area contributed by atoms with Gasteiger partial charge in [-0.05, 0) is 5.30 Å². The van der Waals surface area contributed by atoms with Gasteiger partial charge in [0.25, 0.3) is 0 Å². The van der Waals surface area contributed by atoms with Crippen LogP contribution >= 0.6 is 7.92 Å². The van der Waals surface area contributed by atoms with E-state index in [0.29, 0.717) is 0 Å². The Balaban J connectivity index is 0.000000902. The van der Waals surface area contributed by atoms with Crippen molar-refractivity contribution in [1.82, 2.24) is 0 Å². The molecular weight excluding hydrogens is 237 g/mol. The Morgan fingerprint density at radius 2 is 1.16 bits per heavy atom. The maximum atomic E-state index is 2.23. The van der Waals surface area contributed by atoms with Crippen LogP contribution in [-0.4, -0.2) is 0 Å². The third-order valence-corrected chi connectivity index (χ3v) is 5.26. The summed E-state index contributed by atoms with van der Waals surface area (Å²) in [6.07, 6.45) is 0. The van der Waals surface area contributed by atoms with E-state index in [4.69, 9.17) is 0 Å². The van der Waals surface area contributed by atoms with E-state index in [9.17, 15) is 0 Å². The first-order valence-electron chi connectivity index (χ1n) is 5.74. The molecule has 0 saturated carbocycles. The van der Waals surface area contributed by atoms with Crippen molar-refractivity contribution in [3.8, 4) is 0 Å². The zero-order valence-electron chi connectivity index (χ0n) is 11.5. The van der Waals surface area contributed by atoms with Crippen LogP contribution < -0.4 is 53.6 Å². The summed E-state index contributed by atoms with van der Waals surface area (Å²) in [6.45, 7) is 0. The fraction of sp³-hybridized carbons (Fsp3) is 0. The minimum atomic E-state index is -0.372. The Hall–Kier alpha value is -0.455. The van der Waals surface area contributed by atoms with E-state index in [1.807, 2.05) is 0 Å². The van der Waals surface area contributed by atoms with E-state index in [1.165, 1.54) is 15.9 Å². The average Bonchev–Trinajstić information content (AvgIpc) is 3.04. The Morgan fingerprint density at radius 3 is 1.58 bits per heavy atom. The fourth-order valence-electron chi connectivity index (χ4n) is 2.05. The average molecular weight is 250 g/mol. The standard InChI is InChI=1S/C16H13P.2Li/c1-2-8-14(9-3-1)17(15-10-4-5-11-15)16-12-6-7-13-16;;/h1-13H;;/q-2;2*+1. The zero-order chi connectivity index (χ0) is 11.5. The summed E-state index contributed by atoms with van der Waals surface area (Å²) in [5.74, 6) is 0. The van der Waals surface area contributed by atoms with E-state index in [1.54, 1.807) is 0 Å². The molecule has 0 heterocycles. The van der Waals surface area contributed by atoms with Crippen molar-refractivity contribution < 1.29 is 37.7 Å². The van der Waals surface area contributed by atoms with Crippen LogP contribution in [0.25, 0.3) is 0 Å². The molecule has 19 heavy (non-hydrogen) atoms. The molecule has 0 fully saturated rings. The Kier molecular flexibility index (Phi) is 6.96. The molecule has 3 heteroatoms. The second-order valence-electron chi connectivity index (χ2n) is 3.96. The largest absolute Gasteiger partial charge is 1.00 e. The van der Waals surface area contributed by atoms with Gasteiger partial charge in [0.15, 0.2) is 0 Å². The van der Waals surface area contributed by atoms with Crippen molar-refractivity contribution in [2.45, 2.75) is 0 Å². The van der Waals surface area contributed by atoms with Gasteiger partial charge in [-0.15, -0.1) is 0 Å². The molecule has 0 unspecified atom stereocenters. The van der Waals surface area contributed by atoms with Gasteiger partial charge in [0.2, 0.25) is 0 Å². The molecule has 0 N–H and O–H groups in total. The van der Waals surface area contributed by atoms with Gasteiger partial charge >= 0.3 is 37.7 Å². The minimum absolute atomic E-state index is 0. The zero-order valence-corrected chi connectivity index (χ0v) is 12.3. The normalized spacial score (nSPS) is 9.74. The molecule has 3 aromatic carbocycles. The smallest absolute Gasteiger partial charge is 0.207 e. The minimum Gasteiger partial charge on any atom is -0.207 e. The summed E-state index contributed by atoms with van der Waals surface area (Å²) in [5, 5.41) is 4.27. The molecule has 0 aromatic heterocycles. The molecule has 0 bridgehead atoms. The van der Waals surface area contributed by atoms with Crippen molar-refractivity contribution in [1.29, 1.82) is 0 Å². The molecule has 0 atom stereocenters. The molecule has 0 amide bonds. The van der Waals surface area contributed by atoms with Crippen LogP contribution in [0.4, 0.5) is 0 Å². The van der Waals surface area contributed by atoms with Crippen molar-refractivity contribution in [3.63, 3.8) is 0 Å². The molecule has 84 valence electrons. The maximum absolute atomic E-state index is 2.23. The van der Waals surface area contributed by atoms with Crippen LogP contribution in [0.2, 0.25) is 0 Å². The third-order valence-electron chi connectivity index (χ3n) is 2.82. The summed E-state index contributed by atoms with van der Waals surface area (Å²) in [5.41, 5.74) is 0. The van der Waals surface area contributed by atoms with Crippen molar-refractivity contribution in [2.75, 3.05) is 0 Å². The number of benzene rings is 1. The van der Waals surface area contributed by atoms with Crippen LogP contribution in [-0.2, 0) is 0 Å². The van der Waals surface area contributed by atoms with Crippen molar-refractivity contribution in [2.24, 2.45) is 0 Å². The second-order valence-corrected chi connectivity index (χ2v) is 6.18. The second kappa shape index (κ2) is 7.97. The molecule has 3 aromatic rings. The van der Waals surface area contributed by atoms with Gasteiger partial charge < -0.3 is 0 Å². The van der Waals surface area contributed by atoms with Gasteiger partial charge in [0, 0.05) is 0 Å². The third kappa shape index (κ3) is 3.77.